The SMILES string of the molecule is CC(N)(CO)CN1CCCCCC1. The zero-order chi connectivity index (χ0) is 9.73. The molecule has 0 amide bonds. The minimum Gasteiger partial charge on any atom is -0.394 e. The normalized spacial score (nSPS) is 25.2. The minimum absolute atomic E-state index is 0.0729. The lowest BCUT2D eigenvalue weighted by Gasteiger charge is -2.30. The molecule has 1 rings (SSSR count). The lowest BCUT2D eigenvalue weighted by atomic mass is 10.1. The van der Waals surface area contributed by atoms with Gasteiger partial charge in [-0.05, 0) is 32.9 Å². The fraction of sp³-hybridized carbons (Fsp3) is 1.00. The van der Waals surface area contributed by atoms with Crippen LogP contribution in [0, 0.1) is 0 Å². The average Bonchev–Trinajstić information content (AvgIpc) is 2.32. The van der Waals surface area contributed by atoms with Crippen molar-refractivity contribution < 1.29 is 5.11 Å². The molecule has 78 valence electrons. The Labute approximate surface area is 80.9 Å². The van der Waals surface area contributed by atoms with E-state index in [9.17, 15) is 0 Å². The van der Waals surface area contributed by atoms with Crippen LogP contribution < -0.4 is 5.73 Å². The van der Waals surface area contributed by atoms with E-state index in [0.29, 0.717) is 0 Å². The van der Waals surface area contributed by atoms with Crippen LogP contribution in [0.15, 0.2) is 0 Å². The van der Waals surface area contributed by atoms with Crippen molar-refractivity contribution in [2.75, 3.05) is 26.2 Å². The number of aliphatic hydroxyl groups excluding tert-OH is 1. The second-order valence-electron chi connectivity index (χ2n) is 4.50. The Kier molecular flexibility index (Phi) is 4.16. The third-order valence-corrected chi connectivity index (χ3v) is 2.64. The minimum atomic E-state index is -0.426. The number of likely N-dealkylation sites (tertiary alicyclic amines) is 1. The van der Waals surface area contributed by atoms with Crippen LogP contribution in [-0.4, -0.2) is 41.8 Å². The van der Waals surface area contributed by atoms with Gasteiger partial charge in [0.15, 0.2) is 0 Å². The molecule has 1 fully saturated rings. The van der Waals surface area contributed by atoms with Crippen molar-refractivity contribution >= 4 is 0 Å². The molecule has 3 N–H and O–H groups in total. The monoisotopic (exact) mass is 186 g/mol. The largest absolute Gasteiger partial charge is 0.394 e. The van der Waals surface area contributed by atoms with Gasteiger partial charge < -0.3 is 15.7 Å². The third kappa shape index (κ3) is 4.07. The van der Waals surface area contributed by atoms with E-state index in [1.165, 1.54) is 25.7 Å². The van der Waals surface area contributed by atoms with E-state index < -0.39 is 5.54 Å². The molecular weight excluding hydrogens is 164 g/mol. The summed E-state index contributed by atoms with van der Waals surface area (Å²) in [5.74, 6) is 0. The Bertz CT molecular complexity index is 140. The summed E-state index contributed by atoms with van der Waals surface area (Å²) in [7, 11) is 0. The van der Waals surface area contributed by atoms with E-state index in [1.54, 1.807) is 0 Å². The molecule has 1 heterocycles. The van der Waals surface area contributed by atoms with Gasteiger partial charge in [-0.1, -0.05) is 12.8 Å². The van der Waals surface area contributed by atoms with E-state index in [4.69, 9.17) is 10.8 Å². The first kappa shape index (κ1) is 11.0. The summed E-state index contributed by atoms with van der Waals surface area (Å²) < 4.78 is 0. The van der Waals surface area contributed by atoms with Crippen LogP contribution in [0.4, 0.5) is 0 Å². The van der Waals surface area contributed by atoms with Gasteiger partial charge in [0.05, 0.1) is 6.61 Å². The molecule has 13 heavy (non-hydrogen) atoms. The first-order valence-corrected chi connectivity index (χ1v) is 5.26. The first-order chi connectivity index (χ1) is 6.14. The lowest BCUT2D eigenvalue weighted by molar-refractivity contribution is 0.150. The van der Waals surface area contributed by atoms with E-state index in [0.717, 1.165) is 19.6 Å². The van der Waals surface area contributed by atoms with E-state index in [2.05, 4.69) is 4.90 Å². The standard InChI is InChI=1S/C10H22N2O/c1-10(11,9-13)8-12-6-4-2-3-5-7-12/h13H,2-9,11H2,1H3. The Morgan fingerprint density at radius 1 is 1.23 bits per heavy atom. The van der Waals surface area contributed by atoms with E-state index in [1.807, 2.05) is 6.92 Å². The van der Waals surface area contributed by atoms with Crippen molar-refractivity contribution in [3.05, 3.63) is 0 Å². The summed E-state index contributed by atoms with van der Waals surface area (Å²) >= 11 is 0. The highest BCUT2D eigenvalue weighted by Crippen LogP contribution is 2.11. The molecule has 0 radical (unpaired) electrons. The number of rotatable bonds is 3. The number of aliphatic hydroxyl groups is 1. The number of hydrogen-bond acceptors (Lipinski definition) is 3. The van der Waals surface area contributed by atoms with Crippen molar-refractivity contribution in [2.24, 2.45) is 5.73 Å². The maximum Gasteiger partial charge on any atom is 0.0621 e. The van der Waals surface area contributed by atoms with E-state index in [-0.39, 0.29) is 6.61 Å². The molecule has 0 spiro atoms. The van der Waals surface area contributed by atoms with Crippen LogP contribution >= 0.6 is 0 Å². The Morgan fingerprint density at radius 2 is 1.77 bits per heavy atom. The van der Waals surface area contributed by atoms with Crippen LogP contribution in [-0.2, 0) is 0 Å². The van der Waals surface area contributed by atoms with Crippen LogP contribution in [0.1, 0.15) is 32.6 Å². The third-order valence-electron chi connectivity index (χ3n) is 2.64. The molecule has 0 bridgehead atoms. The zero-order valence-corrected chi connectivity index (χ0v) is 8.63. The summed E-state index contributed by atoms with van der Waals surface area (Å²) in [5, 5.41) is 9.04. The van der Waals surface area contributed by atoms with Crippen LogP contribution in [0.25, 0.3) is 0 Å². The predicted octanol–water partition coefficient (Wildman–Crippen LogP) is 0.572. The van der Waals surface area contributed by atoms with Crippen molar-refractivity contribution in [3.63, 3.8) is 0 Å². The van der Waals surface area contributed by atoms with Crippen molar-refractivity contribution in [3.8, 4) is 0 Å². The molecule has 0 aromatic carbocycles. The van der Waals surface area contributed by atoms with Crippen LogP contribution in [0.5, 0.6) is 0 Å². The van der Waals surface area contributed by atoms with Gasteiger partial charge >= 0.3 is 0 Å². The Hall–Kier alpha value is -0.120. The van der Waals surface area contributed by atoms with E-state index >= 15 is 0 Å². The quantitative estimate of drug-likeness (QED) is 0.677. The number of nitrogens with two attached hydrogens (primary N) is 1. The molecule has 0 aromatic rings. The molecule has 0 saturated carbocycles. The molecule has 3 nitrogen and oxygen atoms in total. The topological polar surface area (TPSA) is 49.5 Å². The molecule has 0 aliphatic carbocycles. The van der Waals surface area contributed by atoms with Gasteiger partial charge in [0.1, 0.15) is 0 Å². The predicted molar refractivity (Wildman–Crippen MR) is 54.6 cm³/mol. The lowest BCUT2D eigenvalue weighted by Crippen LogP contribution is -2.50. The molecule has 1 aliphatic heterocycles. The molecule has 1 unspecified atom stereocenters. The Morgan fingerprint density at radius 3 is 2.23 bits per heavy atom. The number of hydrogen-bond donors (Lipinski definition) is 2. The van der Waals surface area contributed by atoms with Gasteiger partial charge in [-0.2, -0.15) is 0 Å². The summed E-state index contributed by atoms with van der Waals surface area (Å²) in [6, 6.07) is 0. The average molecular weight is 186 g/mol. The van der Waals surface area contributed by atoms with Gasteiger partial charge in [-0.3, -0.25) is 0 Å². The summed E-state index contributed by atoms with van der Waals surface area (Å²) in [5.41, 5.74) is 5.48. The highest BCUT2D eigenvalue weighted by Gasteiger charge is 2.21. The summed E-state index contributed by atoms with van der Waals surface area (Å²) in [6.45, 7) is 5.10. The highest BCUT2D eigenvalue weighted by molar-refractivity contribution is 4.82. The van der Waals surface area contributed by atoms with Crippen molar-refractivity contribution in [1.82, 2.24) is 4.90 Å². The fourth-order valence-corrected chi connectivity index (χ4v) is 1.86. The van der Waals surface area contributed by atoms with Crippen molar-refractivity contribution in [1.29, 1.82) is 0 Å². The summed E-state index contributed by atoms with van der Waals surface area (Å²) in [4.78, 5) is 2.38. The molecule has 0 aromatic heterocycles. The molecule has 1 atom stereocenters. The second-order valence-corrected chi connectivity index (χ2v) is 4.50. The maximum atomic E-state index is 9.04. The van der Waals surface area contributed by atoms with Gasteiger partial charge in [0, 0.05) is 12.1 Å². The van der Waals surface area contributed by atoms with Gasteiger partial charge in [-0.15, -0.1) is 0 Å². The smallest absolute Gasteiger partial charge is 0.0621 e. The Balaban J connectivity index is 2.33. The van der Waals surface area contributed by atoms with Crippen LogP contribution in [0.2, 0.25) is 0 Å². The fourth-order valence-electron chi connectivity index (χ4n) is 1.86. The maximum absolute atomic E-state index is 9.04. The van der Waals surface area contributed by atoms with Crippen LogP contribution in [0.3, 0.4) is 0 Å². The van der Waals surface area contributed by atoms with Gasteiger partial charge in [0.25, 0.3) is 0 Å². The van der Waals surface area contributed by atoms with Gasteiger partial charge in [0.2, 0.25) is 0 Å². The zero-order valence-electron chi connectivity index (χ0n) is 8.63. The second kappa shape index (κ2) is 4.94. The molecule has 1 saturated heterocycles. The summed E-state index contributed by atoms with van der Waals surface area (Å²) in [6.07, 6.45) is 5.25. The highest BCUT2D eigenvalue weighted by atomic mass is 16.3. The van der Waals surface area contributed by atoms with Gasteiger partial charge in [-0.25, -0.2) is 0 Å². The number of nitrogens with zero attached hydrogens (tertiary/aromatic N) is 1. The molecule has 1 aliphatic rings. The molecule has 3 heteroatoms. The van der Waals surface area contributed by atoms with Crippen molar-refractivity contribution in [2.45, 2.75) is 38.1 Å². The molecular formula is C10H22N2O. The first-order valence-electron chi connectivity index (χ1n) is 5.26.